The maximum atomic E-state index is 3.93. The van der Waals surface area contributed by atoms with Crippen molar-refractivity contribution in [2.24, 2.45) is 11.8 Å². The quantitative estimate of drug-likeness (QED) is 0.727. The summed E-state index contributed by atoms with van der Waals surface area (Å²) < 4.78 is 0. The van der Waals surface area contributed by atoms with Crippen molar-refractivity contribution in [1.29, 1.82) is 0 Å². The molecule has 4 unspecified atom stereocenters. The maximum Gasteiger partial charge on any atom is 0.0102 e. The maximum absolute atomic E-state index is 3.93. The van der Waals surface area contributed by atoms with Crippen LogP contribution >= 0.6 is 0 Å². The Morgan fingerprint density at radius 3 is 2.53 bits per heavy atom. The molecule has 1 nitrogen and oxygen atoms in total. The van der Waals surface area contributed by atoms with Crippen LogP contribution in [0.15, 0.2) is 0 Å². The van der Waals surface area contributed by atoms with Crippen LogP contribution in [0.5, 0.6) is 0 Å². The molecule has 0 spiro atoms. The van der Waals surface area contributed by atoms with E-state index in [1.54, 1.807) is 0 Å². The normalized spacial score (nSPS) is 40.4. The molecular weight excluding hydrogens is 182 g/mol. The van der Waals surface area contributed by atoms with Crippen LogP contribution in [0.4, 0.5) is 0 Å². The lowest BCUT2D eigenvalue weighted by Gasteiger charge is -2.32. The number of nitrogens with one attached hydrogen (secondary N) is 1. The van der Waals surface area contributed by atoms with E-state index in [2.05, 4.69) is 19.2 Å². The standard InChI is InChI=1S/C14H27N/c1-3-7-12-10-14(12)15-13-9-6-5-8-11(13)4-2/h11-15H,3-10H2,1-2H3. The van der Waals surface area contributed by atoms with Crippen molar-refractivity contribution in [3.8, 4) is 0 Å². The molecule has 1 heteroatoms. The Labute approximate surface area is 95.0 Å². The molecule has 2 aliphatic carbocycles. The van der Waals surface area contributed by atoms with Crippen molar-refractivity contribution in [2.45, 2.75) is 77.3 Å². The summed E-state index contributed by atoms with van der Waals surface area (Å²) in [6, 6.07) is 1.75. The van der Waals surface area contributed by atoms with Gasteiger partial charge in [-0.25, -0.2) is 0 Å². The largest absolute Gasteiger partial charge is 0.311 e. The highest BCUT2D eigenvalue weighted by molar-refractivity contribution is 4.96. The lowest BCUT2D eigenvalue weighted by atomic mass is 9.83. The Hall–Kier alpha value is -0.0400. The van der Waals surface area contributed by atoms with Crippen LogP contribution in [0.2, 0.25) is 0 Å². The molecule has 0 aromatic carbocycles. The van der Waals surface area contributed by atoms with Gasteiger partial charge in [-0.05, 0) is 37.5 Å². The average Bonchev–Trinajstić information content (AvgIpc) is 2.98. The number of hydrogen-bond donors (Lipinski definition) is 1. The van der Waals surface area contributed by atoms with Gasteiger partial charge in [0.1, 0.15) is 0 Å². The molecule has 0 radical (unpaired) electrons. The van der Waals surface area contributed by atoms with Crippen LogP contribution in [0, 0.1) is 11.8 Å². The van der Waals surface area contributed by atoms with Gasteiger partial charge in [-0.1, -0.05) is 39.5 Å². The minimum atomic E-state index is 0.857. The van der Waals surface area contributed by atoms with Gasteiger partial charge in [-0.15, -0.1) is 0 Å². The highest BCUT2D eigenvalue weighted by atomic mass is 15.0. The predicted octanol–water partition coefficient (Wildman–Crippen LogP) is 3.73. The van der Waals surface area contributed by atoms with E-state index in [0.717, 1.165) is 23.9 Å². The first-order valence-corrected chi connectivity index (χ1v) is 7.11. The third-order valence-electron chi connectivity index (χ3n) is 4.44. The molecule has 2 aliphatic rings. The van der Waals surface area contributed by atoms with Crippen LogP contribution in [0.25, 0.3) is 0 Å². The van der Waals surface area contributed by atoms with Crippen LogP contribution in [0.3, 0.4) is 0 Å². The lowest BCUT2D eigenvalue weighted by molar-refractivity contribution is 0.251. The molecule has 0 saturated heterocycles. The predicted molar refractivity (Wildman–Crippen MR) is 66.0 cm³/mol. The Morgan fingerprint density at radius 2 is 1.80 bits per heavy atom. The Bertz CT molecular complexity index is 190. The fourth-order valence-corrected chi connectivity index (χ4v) is 3.33. The van der Waals surface area contributed by atoms with Crippen LogP contribution in [0.1, 0.15) is 65.2 Å². The van der Waals surface area contributed by atoms with Crippen molar-refractivity contribution in [3.05, 3.63) is 0 Å². The van der Waals surface area contributed by atoms with Gasteiger partial charge in [-0.3, -0.25) is 0 Å². The minimum Gasteiger partial charge on any atom is -0.311 e. The molecule has 0 amide bonds. The van der Waals surface area contributed by atoms with Gasteiger partial charge in [-0.2, -0.15) is 0 Å². The summed E-state index contributed by atoms with van der Waals surface area (Å²) in [4.78, 5) is 0. The zero-order chi connectivity index (χ0) is 10.7. The van der Waals surface area contributed by atoms with E-state index in [9.17, 15) is 0 Å². The Morgan fingerprint density at radius 1 is 1.00 bits per heavy atom. The van der Waals surface area contributed by atoms with Gasteiger partial charge >= 0.3 is 0 Å². The third-order valence-corrected chi connectivity index (χ3v) is 4.44. The van der Waals surface area contributed by atoms with Gasteiger partial charge in [0.2, 0.25) is 0 Å². The molecule has 4 atom stereocenters. The highest BCUT2D eigenvalue weighted by Crippen LogP contribution is 2.37. The fourth-order valence-electron chi connectivity index (χ4n) is 3.33. The second-order valence-corrected chi connectivity index (χ2v) is 5.62. The van der Waals surface area contributed by atoms with E-state index in [0.29, 0.717) is 0 Å². The molecule has 0 aromatic heterocycles. The Kier molecular flexibility index (Phi) is 4.07. The summed E-state index contributed by atoms with van der Waals surface area (Å²) in [6.45, 7) is 4.67. The number of hydrogen-bond acceptors (Lipinski definition) is 1. The molecule has 2 fully saturated rings. The molecule has 0 aromatic rings. The van der Waals surface area contributed by atoms with Crippen molar-refractivity contribution in [2.75, 3.05) is 0 Å². The second kappa shape index (κ2) is 5.34. The van der Waals surface area contributed by atoms with Crippen LogP contribution in [-0.2, 0) is 0 Å². The molecule has 0 heterocycles. The molecule has 0 aliphatic heterocycles. The van der Waals surface area contributed by atoms with Gasteiger partial charge in [0, 0.05) is 12.1 Å². The topological polar surface area (TPSA) is 12.0 Å². The molecular formula is C14H27N. The van der Waals surface area contributed by atoms with E-state index < -0.39 is 0 Å². The van der Waals surface area contributed by atoms with E-state index >= 15 is 0 Å². The van der Waals surface area contributed by atoms with E-state index in [1.165, 1.54) is 51.4 Å². The zero-order valence-corrected chi connectivity index (χ0v) is 10.5. The fraction of sp³-hybridized carbons (Fsp3) is 1.00. The van der Waals surface area contributed by atoms with E-state index in [-0.39, 0.29) is 0 Å². The summed E-state index contributed by atoms with van der Waals surface area (Å²) in [6.07, 6.45) is 11.5. The molecule has 2 rings (SSSR count). The zero-order valence-electron chi connectivity index (χ0n) is 10.5. The number of rotatable bonds is 5. The molecule has 15 heavy (non-hydrogen) atoms. The summed E-state index contributed by atoms with van der Waals surface area (Å²) in [7, 11) is 0. The molecule has 2 saturated carbocycles. The molecule has 0 bridgehead atoms. The average molecular weight is 209 g/mol. The first kappa shape index (κ1) is 11.4. The summed E-state index contributed by atoms with van der Waals surface area (Å²) in [5.74, 6) is 2.00. The third kappa shape index (κ3) is 2.96. The molecule has 88 valence electrons. The first-order chi connectivity index (χ1) is 7.35. The first-order valence-electron chi connectivity index (χ1n) is 7.11. The van der Waals surface area contributed by atoms with E-state index in [1.807, 2.05) is 0 Å². The minimum absolute atomic E-state index is 0.857. The van der Waals surface area contributed by atoms with Crippen LogP contribution in [-0.4, -0.2) is 12.1 Å². The molecule has 1 N–H and O–H groups in total. The Balaban J connectivity index is 1.73. The summed E-state index contributed by atoms with van der Waals surface area (Å²) >= 11 is 0. The lowest BCUT2D eigenvalue weighted by Crippen LogP contribution is -2.40. The van der Waals surface area contributed by atoms with Gasteiger partial charge < -0.3 is 5.32 Å². The highest BCUT2D eigenvalue weighted by Gasteiger charge is 2.38. The van der Waals surface area contributed by atoms with E-state index in [4.69, 9.17) is 0 Å². The summed E-state index contributed by atoms with van der Waals surface area (Å²) in [5, 5.41) is 3.93. The van der Waals surface area contributed by atoms with Crippen LogP contribution < -0.4 is 5.32 Å². The van der Waals surface area contributed by atoms with Crippen molar-refractivity contribution < 1.29 is 0 Å². The van der Waals surface area contributed by atoms with Gasteiger partial charge in [0.25, 0.3) is 0 Å². The smallest absolute Gasteiger partial charge is 0.0102 e. The monoisotopic (exact) mass is 209 g/mol. The summed E-state index contributed by atoms with van der Waals surface area (Å²) in [5.41, 5.74) is 0. The second-order valence-electron chi connectivity index (χ2n) is 5.62. The SMILES string of the molecule is CCCC1CC1NC1CCCCC1CC. The van der Waals surface area contributed by atoms with Crippen molar-refractivity contribution in [3.63, 3.8) is 0 Å². The van der Waals surface area contributed by atoms with Gasteiger partial charge in [0.15, 0.2) is 0 Å². The van der Waals surface area contributed by atoms with Crippen molar-refractivity contribution in [1.82, 2.24) is 5.32 Å². The van der Waals surface area contributed by atoms with Gasteiger partial charge in [0.05, 0.1) is 0 Å². The van der Waals surface area contributed by atoms with Crippen molar-refractivity contribution >= 4 is 0 Å².